The number of nitrogens with zero attached hydrogens (tertiary/aromatic N) is 6. The number of anilines is 1. The van der Waals surface area contributed by atoms with Crippen LogP contribution in [0.4, 0.5) is 5.69 Å². The maximum Gasteiger partial charge on any atom is 0.258 e. The zero-order valence-electron chi connectivity index (χ0n) is 15.0. The third-order valence-corrected chi connectivity index (χ3v) is 4.83. The van der Waals surface area contributed by atoms with Crippen molar-refractivity contribution in [1.29, 1.82) is 0 Å². The average Bonchev–Trinajstić information content (AvgIpc) is 3.07. The van der Waals surface area contributed by atoms with Gasteiger partial charge in [0, 0.05) is 38.4 Å². The Morgan fingerprint density at radius 2 is 1.78 bits per heavy atom. The summed E-state index contributed by atoms with van der Waals surface area (Å²) in [4.78, 5) is 24.0. The first-order valence-corrected chi connectivity index (χ1v) is 9.00. The van der Waals surface area contributed by atoms with Crippen LogP contribution >= 0.6 is 0 Å². The molecule has 1 aliphatic heterocycles. The molecular formula is C19H19N7O. The van der Waals surface area contributed by atoms with Crippen LogP contribution < -0.4 is 15.8 Å². The minimum absolute atomic E-state index is 0.115. The number of aromatic nitrogens is 5. The monoisotopic (exact) mass is 361 g/mol. The largest absolute Gasteiger partial charge is 0.368 e. The van der Waals surface area contributed by atoms with Crippen LogP contribution in [0.1, 0.15) is 5.69 Å². The molecular weight excluding hydrogens is 342 g/mol. The molecule has 0 atom stereocenters. The molecule has 136 valence electrons. The number of imidazole rings is 1. The van der Waals surface area contributed by atoms with Gasteiger partial charge in [0.15, 0.2) is 5.65 Å². The Balaban J connectivity index is 1.58. The SMILES string of the molecule is Cc1cn2nc(-c3cc(=O)n4cc(N5CCNCC5)ccc4n3)ccc2n1. The van der Waals surface area contributed by atoms with E-state index in [0.29, 0.717) is 17.0 Å². The van der Waals surface area contributed by atoms with Gasteiger partial charge in [0.05, 0.1) is 23.3 Å². The van der Waals surface area contributed by atoms with Gasteiger partial charge in [0.2, 0.25) is 0 Å². The highest BCUT2D eigenvalue weighted by molar-refractivity contribution is 5.60. The molecule has 0 bridgehead atoms. The number of nitrogens with one attached hydrogen (secondary N) is 1. The molecule has 1 N–H and O–H groups in total. The summed E-state index contributed by atoms with van der Waals surface area (Å²) in [5.74, 6) is 0. The van der Waals surface area contributed by atoms with Gasteiger partial charge in [-0.25, -0.2) is 14.5 Å². The first-order valence-electron chi connectivity index (χ1n) is 9.00. The molecule has 5 rings (SSSR count). The zero-order valence-corrected chi connectivity index (χ0v) is 15.0. The molecule has 8 nitrogen and oxygen atoms in total. The van der Waals surface area contributed by atoms with E-state index in [1.54, 1.807) is 8.92 Å². The molecule has 1 fully saturated rings. The first-order chi connectivity index (χ1) is 13.2. The number of pyridine rings is 1. The van der Waals surface area contributed by atoms with Gasteiger partial charge in [-0.2, -0.15) is 5.10 Å². The fourth-order valence-corrected chi connectivity index (χ4v) is 3.47. The highest BCUT2D eigenvalue weighted by atomic mass is 16.1. The molecule has 0 aliphatic carbocycles. The van der Waals surface area contributed by atoms with Crippen LogP contribution in [0, 0.1) is 6.92 Å². The van der Waals surface area contributed by atoms with E-state index >= 15 is 0 Å². The molecule has 5 heterocycles. The number of rotatable bonds is 2. The van der Waals surface area contributed by atoms with Crippen LogP contribution in [0.3, 0.4) is 0 Å². The summed E-state index contributed by atoms with van der Waals surface area (Å²) in [6.07, 6.45) is 3.72. The van der Waals surface area contributed by atoms with Gasteiger partial charge in [-0.1, -0.05) is 0 Å². The van der Waals surface area contributed by atoms with Crippen molar-refractivity contribution >= 4 is 17.0 Å². The predicted molar refractivity (Wildman–Crippen MR) is 103 cm³/mol. The van der Waals surface area contributed by atoms with Gasteiger partial charge in [-0.15, -0.1) is 0 Å². The lowest BCUT2D eigenvalue weighted by molar-refractivity contribution is 0.588. The van der Waals surface area contributed by atoms with Gasteiger partial charge in [-0.05, 0) is 31.2 Å². The van der Waals surface area contributed by atoms with E-state index in [4.69, 9.17) is 0 Å². The van der Waals surface area contributed by atoms with Gasteiger partial charge in [0.25, 0.3) is 5.56 Å². The maximum absolute atomic E-state index is 12.7. The second-order valence-corrected chi connectivity index (χ2v) is 6.74. The third-order valence-electron chi connectivity index (χ3n) is 4.83. The smallest absolute Gasteiger partial charge is 0.258 e. The zero-order chi connectivity index (χ0) is 18.4. The Morgan fingerprint density at radius 1 is 0.963 bits per heavy atom. The van der Waals surface area contributed by atoms with E-state index in [1.807, 2.05) is 43.6 Å². The van der Waals surface area contributed by atoms with Crippen molar-refractivity contribution in [3.8, 4) is 11.4 Å². The molecule has 0 amide bonds. The summed E-state index contributed by atoms with van der Waals surface area (Å²) < 4.78 is 3.31. The molecule has 4 aromatic rings. The Morgan fingerprint density at radius 3 is 2.63 bits per heavy atom. The van der Waals surface area contributed by atoms with Crippen LogP contribution in [-0.4, -0.2) is 50.2 Å². The lowest BCUT2D eigenvalue weighted by Gasteiger charge is -2.29. The highest BCUT2D eigenvalue weighted by Crippen LogP contribution is 2.18. The molecule has 1 aliphatic rings. The summed E-state index contributed by atoms with van der Waals surface area (Å²) in [7, 11) is 0. The van der Waals surface area contributed by atoms with Crippen LogP contribution in [0.25, 0.3) is 22.7 Å². The molecule has 27 heavy (non-hydrogen) atoms. The second-order valence-electron chi connectivity index (χ2n) is 6.74. The summed E-state index contributed by atoms with van der Waals surface area (Å²) in [6, 6.07) is 9.17. The molecule has 4 aromatic heterocycles. The Hall–Kier alpha value is -3.26. The van der Waals surface area contributed by atoms with Gasteiger partial charge < -0.3 is 10.2 Å². The van der Waals surface area contributed by atoms with Crippen LogP contribution in [-0.2, 0) is 0 Å². The van der Waals surface area contributed by atoms with Crippen molar-refractivity contribution in [2.45, 2.75) is 6.92 Å². The van der Waals surface area contributed by atoms with Crippen molar-refractivity contribution in [3.05, 3.63) is 58.8 Å². The van der Waals surface area contributed by atoms with E-state index < -0.39 is 0 Å². The van der Waals surface area contributed by atoms with Gasteiger partial charge in [0.1, 0.15) is 11.3 Å². The van der Waals surface area contributed by atoms with Crippen molar-refractivity contribution < 1.29 is 0 Å². The Labute approximate surface area is 155 Å². The van der Waals surface area contributed by atoms with Gasteiger partial charge >= 0.3 is 0 Å². The van der Waals surface area contributed by atoms with Crippen LogP contribution in [0.15, 0.2) is 47.5 Å². The number of piperazine rings is 1. The lowest BCUT2D eigenvalue weighted by Crippen LogP contribution is -2.43. The average molecular weight is 361 g/mol. The van der Waals surface area contributed by atoms with E-state index in [2.05, 4.69) is 25.3 Å². The van der Waals surface area contributed by atoms with E-state index in [9.17, 15) is 4.79 Å². The molecule has 0 aromatic carbocycles. The summed E-state index contributed by atoms with van der Waals surface area (Å²) >= 11 is 0. The van der Waals surface area contributed by atoms with Crippen molar-refractivity contribution in [2.75, 3.05) is 31.1 Å². The predicted octanol–water partition coefficient (Wildman–Crippen LogP) is 1.12. The molecule has 0 unspecified atom stereocenters. The summed E-state index contributed by atoms with van der Waals surface area (Å²) in [6.45, 7) is 5.68. The molecule has 0 spiro atoms. The summed E-state index contributed by atoms with van der Waals surface area (Å²) in [5.41, 5.74) is 4.40. The lowest BCUT2D eigenvalue weighted by atomic mass is 10.2. The van der Waals surface area contributed by atoms with Crippen molar-refractivity contribution in [2.24, 2.45) is 0 Å². The number of aryl methyl sites for hydroxylation is 1. The fraction of sp³-hybridized carbons (Fsp3) is 0.263. The number of hydrogen-bond acceptors (Lipinski definition) is 6. The summed E-state index contributed by atoms with van der Waals surface area (Å²) in [5, 5.41) is 7.87. The van der Waals surface area contributed by atoms with E-state index in [1.165, 1.54) is 6.07 Å². The topological polar surface area (TPSA) is 79.8 Å². The number of hydrogen-bond donors (Lipinski definition) is 1. The van der Waals surface area contributed by atoms with Crippen molar-refractivity contribution in [1.82, 2.24) is 29.3 Å². The number of fused-ring (bicyclic) bond motifs is 2. The van der Waals surface area contributed by atoms with E-state index in [0.717, 1.165) is 43.2 Å². The standard InChI is InChI=1S/C19H19N7O/c1-13-11-26-18(21-13)5-3-15(23-26)16-10-19(27)25-12-14(2-4-17(25)22-16)24-8-6-20-7-9-24/h2-5,10-12,20H,6-9H2,1H3. The molecule has 0 radical (unpaired) electrons. The minimum atomic E-state index is -0.115. The quantitative estimate of drug-likeness (QED) is 0.576. The second kappa shape index (κ2) is 6.17. The minimum Gasteiger partial charge on any atom is -0.368 e. The Bertz CT molecular complexity index is 1200. The Kier molecular flexibility index (Phi) is 3.64. The van der Waals surface area contributed by atoms with E-state index in [-0.39, 0.29) is 5.56 Å². The van der Waals surface area contributed by atoms with Crippen molar-refractivity contribution in [3.63, 3.8) is 0 Å². The normalized spacial score (nSPS) is 14.9. The van der Waals surface area contributed by atoms with Gasteiger partial charge in [-0.3, -0.25) is 9.20 Å². The first kappa shape index (κ1) is 16.0. The molecule has 0 saturated carbocycles. The molecule has 8 heteroatoms. The third kappa shape index (κ3) is 2.83. The highest BCUT2D eigenvalue weighted by Gasteiger charge is 2.13. The maximum atomic E-state index is 12.7. The van der Waals surface area contributed by atoms with Crippen LogP contribution in [0.2, 0.25) is 0 Å². The van der Waals surface area contributed by atoms with Crippen LogP contribution in [0.5, 0.6) is 0 Å². The molecule has 1 saturated heterocycles. The fourth-order valence-electron chi connectivity index (χ4n) is 3.47.